The third kappa shape index (κ3) is 3.94. The second-order valence-corrected chi connectivity index (χ2v) is 9.28. The highest BCUT2D eigenvalue weighted by molar-refractivity contribution is 7.91. The number of nitrogens with one attached hydrogen (secondary N) is 1. The van der Waals surface area contributed by atoms with E-state index >= 15 is 0 Å². The van der Waals surface area contributed by atoms with Gasteiger partial charge in [0.15, 0.2) is 9.84 Å². The molecule has 1 aliphatic heterocycles. The van der Waals surface area contributed by atoms with Crippen molar-refractivity contribution in [2.24, 2.45) is 17.3 Å². The summed E-state index contributed by atoms with van der Waals surface area (Å²) in [6.07, 6.45) is 7.22. The van der Waals surface area contributed by atoms with Gasteiger partial charge < -0.3 is 5.32 Å². The first-order chi connectivity index (χ1) is 8.94. The molecule has 0 radical (unpaired) electrons. The van der Waals surface area contributed by atoms with Gasteiger partial charge in [-0.1, -0.05) is 33.1 Å². The molecule has 0 aromatic rings. The molecule has 1 unspecified atom stereocenters. The van der Waals surface area contributed by atoms with E-state index in [1.807, 2.05) is 0 Å². The van der Waals surface area contributed by atoms with Gasteiger partial charge in [-0.05, 0) is 43.1 Å². The normalized spacial score (nSPS) is 29.7. The van der Waals surface area contributed by atoms with Crippen LogP contribution in [-0.4, -0.2) is 33.0 Å². The lowest BCUT2D eigenvalue weighted by atomic mass is 9.65. The smallest absolute Gasteiger partial charge is 0.150 e. The Hall–Kier alpha value is -0.0900. The summed E-state index contributed by atoms with van der Waals surface area (Å²) in [4.78, 5) is 0. The van der Waals surface area contributed by atoms with E-state index in [2.05, 4.69) is 19.2 Å². The lowest BCUT2D eigenvalue weighted by Crippen LogP contribution is -2.43. The number of hydrogen-bond acceptors (Lipinski definition) is 3. The molecule has 2 aliphatic rings. The first kappa shape index (κ1) is 15.3. The first-order valence-electron chi connectivity index (χ1n) is 7.85. The fourth-order valence-corrected chi connectivity index (χ4v) is 5.82. The molecule has 112 valence electrons. The molecule has 1 aliphatic carbocycles. The molecule has 0 aromatic heterocycles. The molecule has 0 bridgehead atoms. The van der Waals surface area contributed by atoms with Crippen molar-refractivity contribution < 1.29 is 8.42 Å². The Morgan fingerprint density at radius 2 is 1.89 bits per heavy atom. The predicted molar refractivity (Wildman–Crippen MR) is 80.0 cm³/mol. The Balaban J connectivity index is 2.02. The largest absolute Gasteiger partial charge is 0.316 e. The van der Waals surface area contributed by atoms with E-state index in [9.17, 15) is 8.42 Å². The van der Waals surface area contributed by atoms with Gasteiger partial charge in [-0.3, -0.25) is 0 Å². The summed E-state index contributed by atoms with van der Waals surface area (Å²) in [6.45, 7) is 6.51. The van der Waals surface area contributed by atoms with E-state index in [-0.39, 0.29) is 5.41 Å². The van der Waals surface area contributed by atoms with Gasteiger partial charge in [-0.15, -0.1) is 0 Å². The topological polar surface area (TPSA) is 46.2 Å². The van der Waals surface area contributed by atoms with E-state index < -0.39 is 9.84 Å². The minimum Gasteiger partial charge on any atom is -0.316 e. The molecular formula is C15H29NO2S. The lowest BCUT2D eigenvalue weighted by Gasteiger charge is -2.42. The van der Waals surface area contributed by atoms with Crippen molar-refractivity contribution in [2.45, 2.75) is 52.4 Å². The summed E-state index contributed by atoms with van der Waals surface area (Å²) in [5.41, 5.74) is 0.261. The molecule has 0 amide bonds. The summed E-state index contributed by atoms with van der Waals surface area (Å²) < 4.78 is 23.6. The van der Waals surface area contributed by atoms with E-state index in [0.717, 1.165) is 19.5 Å². The summed E-state index contributed by atoms with van der Waals surface area (Å²) in [5.74, 6) is 1.92. The molecule has 2 rings (SSSR count). The molecule has 2 fully saturated rings. The highest BCUT2D eigenvalue weighted by atomic mass is 32.2. The highest BCUT2D eigenvalue weighted by Crippen LogP contribution is 2.46. The third-order valence-electron chi connectivity index (χ3n) is 4.98. The van der Waals surface area contributed by atoms with Gasteiger partial charge in [0, 0.05) is 6.54 Å². The van der Waals surface area contributed by atoms with Crippen LogP contribution in [0.2, 0.25) is 0 Å². The molecular weight excluding hydrogens is 258 g/mol. The maximum atomic E-state index is 11.8. The molecule has 19 heavy (non-hydrogen) atoms. The van der Waals surface area contributed by atoms with Crippen LogP contribution < -0.4 is 5.32 Å². The van der Waals surface area contributed by atoms with Crippen LogP contribution in [-0.2, 0) is 9.84 Å². The Labute approximate surface area is 118 Å². The quantitative estimate of drug-likeness (QED) is 0.845. The molecule has 1 saturated heterocycles. The second-order valence-electron chi connectivity index (χ2n) is 7.05. The van der Waals surface area contributed by atoms with E-state index in [0.29, 0.717) is 23.3 Å². The molecule has 1 saturated carbocycles. The van der Waals surface area contributed by atoms with Crippen LogP contribution in [0.4, 0.5) is 0 Å². The maximum absolute atomic E-state index is 11.8. The molecule has 1 N–H and O–H groups in total. The van der Waals surface area contributed by atoms with Crippen molar-refractivity contribution in [3.05, 3.63) is 0 Å². The van der Waals surface area contributed by atoms with Crippen molar-refractivity contribution in [1.29, 1.82) is 0 Å². The SMILES string of the molecule is CC(C)CNCC1(C2CCS(=O)(=O)C2)CCCCC1. The maximum Gasteiger partial charge on any atom is 0.150 e. The Morgan fingerprint density at radius 3 is 2.42 bits per heavy atom. The third-order valence-corrected chi connectivity index (χ3v) is 6.75. The van der Waals surface area contributed by atoms with Crippen LogP contribution in [0.15, 0.2) is 0 Å². The summed E-state index contributed by atoms with van der Waals surface area (Å²) in [6, 6.07) is 0. The number of rotatable bonds is 5. The van der Waals surface area contributed by atoms with Crippen LogP contribution in [0.25, 0.3) is 0 Å². The van der Waals surface area contributed by atoms with Crippen LogP contribution >= 0.6 is 0 Å². The molecule has 0 aromatic carbocycles. The average Bonchev–Trinajstić information content (AvgIpc) is 2.71. The van der Waals surface area contributed by atoms with Crippen molar-refractivity contribution in [3.8, 4) is 0 Å². The lowest BCUT2D eigenvalue weighted by molar-refractivity contribution is 0.107. The minimum absolute atomic E-state index is 0.261. The second kappa shape index (κ2) is 6.13. The van der Waals surface area contributed by atoms with Crippen LogP contribution in [0.3, 0.4) is 0 Å². The van der Waals surface area contributed by atoms with Crippen LogP contribution in [0.1, 0.15) is 52.4 Å². The van der Waals surface area contributed by atoms with E-state index in [1.54, 1.807) is 0 Å². The zero-order chi connectivity index (χ0) is 13.9. The average molecular weight is 287 g/mol. The van der Waals surface area contributed by atoms with Gasteiger partial charge >= 0.3 is 0 Å². The Kier molecular flexibility index (Phi) is 4.93. The summed E-state index contributed by atoms with van der Waals surface area (Å²) >= 11 is 0. The molecule has 3 nitrogen and oxygen atoms in total. The number of sulfone groups is 1. The summed E-state index contributed by atoms with van der Waals surface area (Å²) in [5, 5.41) is 3.60. The van der Waals surface area contributed by atoms with Crippen molar-refractivity contribution in [1.82, 2.24) is 5.32 Å². The van der Waals surface area contributed by atoms with Gasteiger partial charge in [-0.25, -0.2) is 8.42 Å². The zero-order valence-electron chi connectivity index (χ0n) is 12.5. The molecule has 1 atom stereocenters. The first-order valence-corrected chi connectivity index (χ1v) is 9.67. The zero-order valence-corrected chi connectivity index (χ0v) is 13.3. The monoisotopic (exact) mass is 287 g/mol. The van der Waals surface area contributed by atoms with Crippen LogP contribution in [0, 0.1) is 17.3 Å². The Bertz CT molecular complexity index is 383. The highest BCUT2D eigenvalue weighted by Gasteiger charge is 2.44. The van der Waals surface area contributed by atoms with Gasteiger partial charge in [0.05, 0.1) is 11.5 Å². The standard InChI is InChI=1S/C15H29NO2S/c1-13(2)10-16-12-15(7-4-3-5-8-15)14-6-9-19(17,18)11-14/h13-14,16H,3-12H2,1-2H3. The number of hydrogen-bond donors (Lipinski definition) is 1. The Morgan fingerprint density at radius 1 is 1.21 bits per heavy atom. The van der Waals surface area contributed by atoms with Gasteiger partial charge in [0.2, 0.25) is 0 Å². The van der Waals surface area contributed by atoms with Crippen LogP contribution in [0.5, 0.6) is 0 Å². The minimum atomic E-state index is -2.75. The fraction of sp³-hybridized carbons (Fsp3) is 1.00. The fourth-order valence-electron chi connectivity index (χ4n) is 3.87. The predicted octanol–water partition coefficient (Wildman–Crippen LogP) is 2.62. The van der Waals surface area contributed by atoms with E-state index in [4.69, 9.17) is 0 Å². The van der Waals surface area contributed by atoms with Gasteiger partial charge in [0.25, 0.3) is 0 Å². The van der Waals surface area contributed by atoms with Gasteiger partial charge in [-0.2, -0.15) is 0 Å². The van der Waals surface area contributed by atoms with Crippen molar-refractivity contribution >= 4 is 9.84 Å². The summed E-state index contributed by atoms with van der Waals surface area (Å²) in [7, 11) is -2.75. The molecule has 0 spiro atoms. The van der Waals surface area contributed by atoms with Gasteiger partial charge in [0.1, 0.15) is 0 Å². The van der Waals surface area contributed by atoms with Crippen molar-refractivity contribution in [3.63, 3.8) is 0 Å². The molecule has 1 heterocycles. The molecule has 4 heteroatoms. The van der Waals surface area contributed by atoms with E-state index in [1.165, 1.54) is 32.1 Å². The van der Waals surface area contributed by atoms with Crippen molar-refractivity contribution in [2.75, 3.05) is 24.6 Å².